The van der Waals surface area contributed by atoms with Crippen molar-refractivity contribution >= 4 is 5.69 Å². The van der Waals surface area contributed by atoms with Crippen LogP contribution < -0.4 is 10.5 Å². The summed E-state index contributed by atoms with van der Waals surface area (Å²) in [7, 11) is 0. The molecule has 2 rings (SSSR count). The van der Waals surface area contributed by atoms with Gasteiger partial charge in [0.25, 0.3) is 0 Å². The number of nitrogens with two attached hydrogens (primary N) is 1. The molecule has 0 fully saturated rings. The third-order valence-corrected chi connectivity index (χ3v) is 2.38. The van der Waals surface area contributed by atoms with E-state index >= 15 is 0 Å². The van der Waals surface area contributed by atoms with Crippen LogP contribution in [0, 0.1) is 0 Å². The van der Waals surface area contributed by atoms with E-state index in [1.807, 2.05) is 55.5 Å². The molecule has 0 spiro atoms. The van der Waals surface area contributed by atoms with Crippen LogP contribution in [0.2, 0.25) is 0 Å². The quantitative estimate of drug-likeness (QED) is 0.794. The van der Waals surface area contributed by atoms with Crippen LogP contribution in [0.1, 0.15) is 6.92 Å². The van der Waals surface area contributed by atoms with Crippen molar-refractivity contribution in [2.45, 2.75) is 6.92 Å². The number of para-hydroxylation sites is 1. The number of nitrogen functional groups attached to an aromatic ring is 1. The first-order valence-electron chi connectivity index (χ1n) is 5.39. The zero-order valence-corrected chi connectivity index (χ0v) is 9.31. The summed E-state index contributed by atoms with van der Waals surface area (Å²) in [5.74, 6) is 0.899. The van der Waals surface area contributed by atoms with Gasteiger partial charge in [0.05, 0.1) is 6.61 Å². The number of hydrogen-bond acceptors (Lipinski definition) is 2. The molecular formula is C14H15NO. The highest BCUT2D eigenvalue weighted by molar-refractivity contribution is 5.72. The van der Waals surface area contributed by atoms with E-state index in [2.05, 4.69) is 0 Å². The zero-order chi connectivity index (χ0) is 11.4. The van der Waals surface area contributed by atoms with Gasteiger partial charge in [0.1, 0.15) is 5.75 Å². The Balaban J connectivity index is 2.46. The molecular weight excluding hydrogens is 198 g/mol. The van der Waals surface area contributed by atoms with Crippen LogP contribution in [-0.4, -0.2) is 6.61 Å². The maximum atomic E-state index is 5.78. The summed E-state index contributed by atoms with van der Waals surface area (Å²) in [5, 5.41) is 0. The maximum Gasteiger partial charge on any atom is 0.127 e. The Bertz CT molecular complexity index is 480. The Morgan fingerprint density at radius 1 is 1.06 bits per heavy atom. The Kier molecular flexibility index (Phi) is 3.10. The second-order valence-corrected chi connectivity index (χ2v) is 3.55. The summed E-state index contributed by atoms with van der Waals surface area (Å²) in [4.78, 5) is 0. The fourth-order valence-electron chi connectivity index (χ4n) is 1.69. The molecule has 0 aliphatic carbocycles. The van der Waals surface area contributed by atoms with Crippen LogP contribution in [0.5, 0.6) is 5.75 Å². The van der Waals surface area contributed by atoms with Crippen LogP contribution >= 0.6 is 0 Å². The highest BCUT2D eigenvalue weighted by Crippen LogP contribution is 2.30. The summed E-state index contributed by atoms with van der Waals surface area (Å²) in [5.41, 5.74) is 8.71. The molecule has 0 saturated carbocycles. The topological polar surface area (TPSA) is 35.2 Å². The lowest BCUT2D eigenvalue weighted by atomic mass is 10.0. The zero-order valence-electron chi connectivity index (χ0n) is 9.31. The molecule has 0 aliphatic heterocycles. The number of hydrogen-bond donors (Lipinski definition) is 1. The minimum absolute atomic E-state index is 0.666. The predicted molar refractivity (Wildman–Crippen MR) is 67.5 cm³/mol. The lowest BCUT2D eigenvalue weighted by molar-refractivity contribution is 0.341. The fraction of sp³-hybridized carbons (Fsp3) is 0.143. The summed E-state index contributed by atoms with van der Waals surface area (Å²) >= 11 is 0. The molecule has 2 aromatic carbocycles. The van der Waals surface area contributed by atoms with Crippen molar-refractivity contribution in [2.24, 2.45) is 0 Å². The summed E-state index contributed by atoms with van der Waals surface area (Å²) in [6.07, 6.45) is 0. The van der Waals surface area contributed by atoms with Crippen LogP contribution in [0.25, 0.3) is 11.1 Å². The first-order valence-corrected chi connectivity index (χ1v) is 5.39. The Morgan fingerprint density at radius 3 is 2.62 bits per heavy atom. The third-order valence-electron chi connectivity index (χ3n) is 2.38. The van der Waals surface area contributed by atoms with Gasteiger partial charge in [-0.25, -0.2) is 0 Å². The average molecular weight is 213 g/mol. The molecule has 0 atom stereocenters. The highest BCUT2D eigenvalue weighted by Gasteiger charge is 2.04. The molecule has 82 valence electrons. The second-order valence-electron chi connectivity index (χ2n) is 3.55. The van der Waals surface area contributed by atoms with Gasteiger partial charge < -0.3 is 10.5 Å². The van der Waals surface area contributed by atoms with Gasteiger partial charge in [-0.15, -0.1) is 0 Å². The van der Waals surface area contributed by atoms with Crippen molar-refractivity contribution in [3.05, 3.63) is 48.5 Å². The molecule has 0 radical (unpaired) electrons. The lowest BCUT2D eigenvalue weighted by Gasteiger charge is -2.10. The number of benzene rings is 2. The largest absolute Gasteiger partial charge is 0.493 e. The summed E-state index contributed by atoms with van der Waals surface area (Å²) < 4.78 is 5.59. The van der Waals surface area contributed by atoms with Crippen molar-refractivity contribution in [3.63, 3.8) is 0 Å². The number of ether oxygens (including phenoxy) is 1. The normalized spacial score (nSPS) is 10.1. The van der Waals surface area contributed by atoms with Gasteiger partial charge in [0.2, 0.25) is 0 Å². The van der Waals surface area contributed by atoms with E-state index in [0.29, 0.717) is 6.61 Å². The van der Waals surface area contributed by atoms with E-state index < -0.39 is 0 Å². The highest BCUT2D eigenvalue weighted by atomic mass is 16.5. The second kappa shape index (κ2) is 4.71. The van der Waals surface area contributed by atoms with Crippen LogP contribution in [0.3, 0.4) is 0 Å². The maximum absolute atomic E-state index is 5.78. The molecule has 0 amide bonds. The van der Waals surface area contributed by atoms with Gasteiger partial charge in [-0.1, -0.05) is 30.3 Å². The molecule has 0 aromatic heterocycles. The van der Waals surface area contributed by atoms with Gasteiger partial charge in [-0.3, -0.25) is 0 Å². The molecule has 0 aliphatic rings. The minimum atomic E-state index is 0.666. The first kappa shape index (κ1) is 10.6. The van der Waals surface area contributed by atoms with Crippen molar-refractivity contribution < 1.29 is 4.74 Å². The molecule has 0 saturated heterocycles. The van der Waals surface area contributed by atoms with Crippen LogP contribution in [0.4, 0.5) is 5.69 Å². The molecule has 0 heterocycles. The summed E-state index contributed by atoms with van der Waals surface area (Å²) in [6.45, 7) is 2.65. The molecule has 16 heavy (non-hydrogen) atoms. The molecule has 2 heteroatoms. The lowest BCUT2D eigenvalue weighted by Crippen LogP contribution is -1.94. The Morgan fingerprint density at radius 2 is 1.88 bits per heavy atom. The van der Waals surface area contributed by atoms with Gasteiger partial charge in [0.15, 0.2) is 0 Å². The molecule has 0 bridgehead atoms. The molecule has 2 N–H and O–H groups in total. The Labute approximate surface area is 95.7 Å². The number of rotatable bonds is 3. The van der Waals surface area contributed by atoms with Crippen molar-refractivity contribution in [3.8, 4) is 16.9 Å². The van der Waals surface area contributed by atoms with E-state index in [9.17, 15) is 0 Å². The van der Waals surface area contributed by atoms with E-state index in [-0.39, 0.29) is 0 Å². The smallest absolute Gasteiger partial charge is 0.127 e. The van der Waals surface area contributed by atoms with Crippen molar-refractivity contribution in [2.75, 3.05) is 12.3 Å². The SMILES string of the molecule is CCOc1ccccc1-c1cccc(N)c1. The van der Waals surface area contributed by atoms with Crippen molar-refractivity contribution in [1.82, 2.24) is 0 Å². The number of anilines is 1. The first-order chi connectivity index (χ1) is 7.81. The standard InChI is InChI=1S/C14H15NO/c1-2-16-14-9-4-3-8-13(14)11-6-5-7-12(15)10-11/h3-10H,2,15H2,1H3. The summed E-state index contributed by atoms with van der Waals surface area (Å²) in [6, 6.07) is 15.8. The van der Waals surface area contributed by atoms with E-state index in [4.69, 9.17) is 10.5 Å². The van der Waals surface area contributed by atoms with Gasteiger partial charge >= 0.3 is 0 Å². The molecule has 2 aromatic rings. The van der Waals surface area contributed by atoms with E-state index in [1.54, 1.807) is 0 Å². The van der Waals surface area contributed by atoms with Gasteiger partial charge in [0, 0.05) is 11.3 Å². The van der Waals surface area contributed by atoms with E-state index in [1.165, 1.54) is 0 Å². The average Bonchev–Trinajstić information content (AvgIpc) is 2.30. The molecule has 2 nitrogen and oxygen atoms in total. The molecule has 0 unspecified atom stereocenters. The minimum Gasteiger partial charge on any atom is -0.493 e. The monoisotopic (exact) mass is 213 g/mol. The van der Waals surface area contributed by atoms with Gasteiger partial charge in [-0.05, 0) is 30.7 Å². The van der Waals surface area contributed by atoms with Gasteiger partial charge in [-0.2, -0.15) is 0 Å². The fourth-order valence-corrected chi connectivity index (χ4v) is 1.69. The van der Waals surface area contributed by atoms with Crippen LogP contribution in [0.15, 0.2) is 48.5 Å². The third kappa shape index (κ3) is 2.16. The Hall–Kier alpha value is -1.96. The van der Waals surface area contributed by atoms with E-state index in [0.717, 1.165) is 22.6 Å². The van der Waals surface area contributed by atoms with Crippen LogP contribution in [-0.2, 0) is 0 Å². The van der Waals surface area contributed by atoms with Crippen molar-refractivity contribution in [1.29, 1.82) is 0 Å². The predicted octanol–water partition coefficient (Wildman–Crippen LogP) is 3.33.